The van der Waals surface area contributed by atoms with Gasteiger partial charge in [0.15, 0.2) is 0 Å². The van der Waals surface area contributed by atoms with Crippen LogP contribution >= 0.6 is 0 Å². The molecule has 1 atom stereocenters. The first-order chi connectivity index (χ1) is 3.73. The summed E-state index contributed by atoms with van der Waals surface area (Å²) < 4.78 is 58.2. The number of rotatable bonds is 0. The smallest absolute Gasteiger partial charge is 0.759 e. The summed E-state index contributed by atoms with van der Waals surface area (Å²) in [5.74, 6) is 0. The Balaban J connectivity index is -0.0000000383. The first-order valence-corrected chi connectivity index (χ1v) is 3.55. The molecule has 7 nitrogen and oxygen atoms in total. The second-order valence-electron chi connectivity index (χ2n) is 0.625. The van der Waals surface area contributed by atoms with E-state index in [2.05, 4.69) is 0 Å². The summed E-state index contributed by atoms with van der Waals surface area (Å²) in [6.07, 6.45) is 0. The Morgan fingerprint density at radius 1 is 1.18 bits per heavy atom. The molecule has 0 aliphatic carbocycles. The predicted octanol–water partition coefficient (Wildman–Crippen LogP) is -2.76. The van der Waals surface area contributed by atoms with Crippen LogP contribution in [-0.4, -0.2) is 106 Å². The van der Waals surface area contributed by atoms with Gasteiger partial charge < -0.3 is 18.2 Å². The van der Waals surface area contributed by atoms with Crippen molar-refractivity contribution in [2.75, 3.05) is 0 Å². The second-order valence-corrected chi connectivity index (χ2v) is 1.88. The van der Waals surface area contributed by atoms with Crippen LogP contribution < -0.4 is 0 Å². The van der Waals surface area contributed by atoms with Crippen molar-refractivity contribution in [3.63, 3.8) is 0 Å². The average Bonchev–Trinajstić information content (AvgIpc) is 1.19. The Morgan fingerprint density at radius 2 is 1.18 bits per heavy atom. The summed E-state index contributed by atoms with van der Waals surface area (Å²) in [5, 5.41) is 0. The van der Waals surface area contributed by atoms with Gasteiger partial charge in [0.2, 0.25) is 0 Å². The Bertz CT molecular complexity index is 157. The van der Waals surface area contributed by atoms with E-state index < -0.39 is 21.8 Å². The molecular formula is HCa2O7S2+. The van der Waals surface area contributed by atoms with Crippen molar-refractivity contribution in [3.05, 3.63) is 0 Å². The maximum absolute atomic E-state index is 8.56. The van der Waals surface area contributed by atoms with Crippen molar-refractivity contribution in [3.8, 4) is 0 Å². The second kappa shape index (κ2) is 12.5. The minimum Gasteiger partial charge on any atom is -0.759 e. The van der Waals surface area contributed by atoms with E-state index in [4.69, 9.17) is 30.8 Å². The summed E-state index contributed by atoms with van der Waals surface area (Å²) >= 11 is -2.86. The molecule has 11 heavy (non-hydrogen) atoms. The Morgan fingerprint density at radius 3 is 1.18 bits per heavy atom. The van der Waals surface area contributed by atoms with E-state index in [1.54, 1.807) is 0 Å². The molecule has 58 valence electrons. The first kappa shape index (κ1) is 23.4. The largest absolute Gasteiger partial charge is 2.00 e. The summed E-state index contributed by atoms with van der Waals surface area (Å²) in [6.45, 7) is 0. The fourth-order valence-electron chi connectivity index (χ4n) is 0. The zero-order chi connectivity index (χ0) is 8.08. The Kier molecular flexibility index (Phi) is 26.4. The molecule has 0 fully saturated rings. The van der Waals surface area contributed by atoms with E-state index in [1.807, 2.05) is 0 Å². The predicted molar refractivity (Wildman–Crippen MR) is 33.5 cm³/mol. The van der Waals surface area contributed by atoms with E-state index in [0.717, 1.165) is 0 Å². The van der Waals surface area contributed by atoms with E-state index in [0.29, 0.717) is 0 Å². The van der Waals surface area contributed by atoms with Crippen molar-refractivity contribution in [1.29, 1.82) is 0 Å². The van der Waals surface area contributed by atoms with Gasteiger partial charge in [-0.05, 0) is 0 Å². The van der Waals surface area contributed by atoms with Gasteiger partial charge in [0.25, 0.3) is 0 Å². The summed E-state index contributed by atoms with van der Waals surface area (Å²) in [5.41, 5.74) is 0. The Hall–Kier alpha value is 2.46. The molecule has 0 spiro atoms. The molecule has 0 rings (SSSR count). The molecular weight excluding hydrogens is 256 g/mol. The molecule has 0 aromatic rings. The third kappa shape index (κ3) is 225. The van der Waals surface area contributed by atoms with Crippen LogP contribution in [0.4, 0.5) is 0 Å². The zero-order valence-corrected chi connectivity index (χ0v) is 11.2. The summed E-state index contributed by atoms with van der Waals surface area (Å²) in [6, 6.07) is 0. The average molecular weight is 257 g/mol. The maximum Gasteiger partial charge on any atom is 2.00 e. The minimum absolute atomic E-state index is 0. The molecule has 11 heteroatoms. The van der Waals surface area contributed by atoms with Gasteiger partial charge >= 0.3 is 75.5 Å². The van der Waals surface area contributed by atoms with Crippen molar-refractivity contribution in [2.24, 2.45) is 0 Å². The zero-order valence-electron chi connectivity index (χ0n) is 5.13. The topological polar surface area (TPSA) is 141 Å². The fraction of sp³-hybridized carbons (Fsp3) is 0. The Labute approximate surface area is 126 Å². The van der Waals surface area contributed by atoms with E-state index >= 15 is 0 Å². The molecule has 0 saturated heterocycles. The fourth-order valence-corrected chi connectivity index (χ4v) is 0. The third-order valence-electron chi connectivity index (χ3n) is 0. The standard InChI is InChI=1S/2Ca.H2O4S.H2O3S/c;;1-5(2,3)4;1-4(2)3/h;;(H2,1,2,3,4);(H2,1,2,3)/q2*+2;;/p-3. The molecule has 0 heterocycles. The van der Waals surface area contributed by atoms with Crippen LogP contribution in [0.25, 0.3) is 0 Å². The van der Waals surface area contributed by atoms with E-state index in [-0.39, 0.29) is 75.5 Å². The van der Waals surface area contributed by atoms with Crippen molar-refractivity contribution in [2.45, 2.75) is 0 Å². The van der Waals surface area contributed by atoms with Crippen LogP contribution in [0.15, 0.2) is 0 Å². The summed E-state index contributed by atoms with van der Waals surface area (Å²) in [4.78, 5) is 0. The molecule has 0 saturated carbocycles. The maximum atomic E-state index is 8.56. The monoisotopic (exact) mass is 257 g/mol. The van der Waals surface area contributed by atoms with Gasteiger partial charge in [-0.3, -0.25) is 8.42 Å². The van der Waals surface area contributed by atoms with Crippen LogP contribution in [0.2, 0.25) is 0 Å². The molecule has 1 unspecified atom stereocenters. The molecule has 0 aromatic heterocycles. The van der Waals surface area contributed by atoms with Gasteiger partial charge in [0.05, 0.1) is 11.4 Å². The van der Waals surface area contributed by atoms with Gasteiger partial charge in [-0.15, -0.1) is 0 Å². The van der Waals surface area contributed by atoms with Crippen LogP contribution in [0.3, 0.4) is 0 Å². The molecule has 0 aliphatic rings. The van der Waals surface area contributed by atoms with Crippen LogP contribution in [0.5, 0.6) is 0 Å². The molecule has 0 aromatic carbocycles. The van der Waals surface area contributed by atoms with Crippen LogP contribution in [0, 0.1) is 0 Å². The van der Waals surface area contributed by atoms with Crippen LogP contribution in [0.1, 0.15) is 0 Å². The third-order valence-corrected chi connectivity index (χ3v) is 0. The van der Waals surface area contributed by atoms with Crippen molar-refractivity contribution in [1.82, 2.24) is 0 Å². The SMILES string of the molecule is O=S(=O)([O-])[O-].O=S([O-])O.[Ca+2].[Ca+2]. The van der Waals surface area contributed by atoms with Gasteiger partial charge in [-0.2, -0.15) is 0 Å². The quantitative estimate of drug-likeness (QED) is 0.214. The van der Waals surface area contributed by atoms with Crippen molar-refractivity contribution >= 4 is 97.2 Å². The van der Waals surface area contributed by atoms with Gasteiger partial charge in [-0.1, -0.05) is 0 Å². The van der Waals surface area contributed by atoms with Crippen molar-refractivity contribution < 1.29 is 30.8 Å². The summed E-state index contributed by atoms with van der Waals surface area (Å²) in [7, 11) is -5.17. The molecule has 0 bridgehead atoms. The normalized spacial score (nSPS) is 10.9. The van der Waals surface area contributed by atoms with Crippen LogP contribution in [-0.2, 0) is 21.8 Å². The number of hydrogen-bond donors (Lipinski definition) is 1. The number of hydrogen-bond acceptors (Lipinski definition) is 6. The van der Waals surface area contributed by atoms with E-state index in [1.165, 1.54) is 0 Å². The molecule has 0 radical (unpaired) electrons. The first-order valence-electron chi connectivity index (χ1n) is 1.18. The molecule has 0 amide bonds. The van der Waals surface area contributed by atoms with E-state index in [9.17, 15) is 0 Å². The van der Waals surface area contributed by atoms with Gasteiger partial charge in [0, 0.05) is 10.4 Å². The van der Waals surface area contributed by atoms with Gasteiger partial charge in [0.1, 0.15) is 0 Å². The molecule has 0 aliphatic heterocycles. The minimum atomic E-state index is -5.17. The molecule has 1 N–H and O–H groups in total. The van der Waals surface area contributed by atoms with Gasteiger partial charge in [-0.25, -0.2) is 4.21 Å².